The van der Waals surface area contributed by atoms with Crippen LogP contribution < -0.4 is 15.5 Å². The third kappa shape index (κ3) is 3.86. The summed E-state index contributed by atoms with van der Waals surface area (Å²) in [7, 11) is 0. The quantitative estimate of drug-likeness (QED) is 0.535. The molecule has 180 valence electrons. The standard InChI is InChI=1S/C23H26F3N7O/c24-23(25,26)17-10-29-21(30-14-2-1-6-27-8-14)32-19(17)16-9-28-20-15(16)3-4-18(31-20)33-7-5-22(11-33)12-34-13-22/h3-4,9-10,14,27H,1-2,5-8,11-13H2,(H,28,31)(H,29,30,32). The minimum atomic E-state index is -4.58. The molecule has 0 aromatic carbocycles. The van der Waals surface area contributed by atoms with Crippen molar-refractivity contribution in [2.45, 2.75) is 31.5 Å². The Morgan fingerprint density at radius 2 is 2.09 bits per heavy atom. The van der Waals surface area contributed by atoms with Crippen LogP contribution in [-0.2, 0) is 10.9 Å². The van der Waals surface area contributed by atoms with Gasteiger partial charge in [-0.25, -0.2) is 15.0 Å². The average Bonchev–Trinajstić information content (AvgIpc) is 3.44. The fourth-order valence-electron chi connectivity index (χ4n) is 5.15. The first-order chi connectivity index (χ1) is 16.4. The zero-order valence-electron chi connectivity index (χ0n) is 18.6. The first kappa shape index (κ1) is 21.6. The molecule has 11 heteroatoms. The van der Waals surface area contributed by atoms with Crippen molar-refractivity contribution in [2.24, 2.45) is 5.41 Å². The van der Waals surface area contributed by atoms with E-state index in [1.165, 1.54) is 0 Å². The van der Waals surface area contributed by atoms with E-state index in [9.17, 15) is 13.2 Å². The van der Waals surface area contributed by atoms with Gasteiger partial charge >= 0.3 is 6.18 Å². The molecule has 3 N–H and O–H groups in total. The van der Waals surface area contributed by atoms with Crippen molar-refractivity contribution in [1.29, 1.82) is 0 Å². The number of aromatic amines is 1. The maximum Gasteiger partial charge on any atom is 0.419 e. The zero-order valence-corrected chi connectivity index (χ0v) is 18.6. The number of ether oxygens (including phenoxy) is 1. The Labute approximate surface area is 194 Å². The number of nitrogens with one attached hydrogen (secondary N) is 3. The highest BCUT2D eigenvalue weighted by Crippen LogP contribution is 2.41. The Hall–Kier alpha value is -2.92. The van der Waals surface area contributed by atoms with Gasteiger partial charge in [-0.05, 0) is 37.9 Å². The molecule has 0 amide bonds. The molecule has 3 aliphatic heterocycles. The van der Waals surface area contributed by atoms with Crippen LogP contribution in [0.3, 0.4) is 0 Å². The Kier molecular flexibility index (Phi) is 5.14. The van der Waals surface area contributed by atoms with E-state index in [0.717, 1.165) is 70.7 Å². The third-order valence-corrected chi connectivity index (χ3v) is 7.08. The highest BCUT2D eigenvalue weighted by molar-refractivity contribution is 5.94. The number of fused-ring (bicyclic) bond motifs is 1. The van der Waals surface area contributed by atoms with Gasteiger partial charge in [-0.1, -0.05) is 0 Å². The minimum Gasteiger partial charge on any atom is -0.380 e. The molecule has 1 unspecified atom stereocenters. The monoisotopic (exact) mass is 473 g/mol. The Bertz CT molecular complexity index is 1200. The van der Waals surface area contributed by atoms with Crippen molar-refractivity contribution >= 4 is 22.8 Å². The van der Waals surface area contributed by atoms with Crippen molar-refractivity contribution in [3.8, 4) is 11.3 Å². The lowest BCUT2D eigenvalue weighted by Gasteiger charge is -2.37. The van der Waals surface area contributed by atoms with E-state index in [1.807, 2.05) is 12.1 Å². The largest absolute Gasteiger partial charge is 0.419 e. The smallest absolute Gasteiger partial charge is 0.380 e. The van der Waals surface area contributed by atoms with Crippen LogP contribution in [0.4, 0.5) is 24.9 Å². The number of H-pyrrole nitrogens is 1. The molecule has 3 fully saturated rings. The van der Waals surface area contributed by atoms with Crippen molar-refractivity contribution in [2.75, 3.05) is 49.6 Å². The lowest BCUT2D eigenvalue weighted by molar-refractivity contribution is -0.137. The average molecular weight is 474 g/mol. The molecule has 1 spiro atoms. The van der Waals surface area contributed by atoms with Crippen LogP contribution in [0.5, 0.6) is 0 Å². The molecule has 0 bridgehead atoms. The molecule has 3 saturated heterocycles. The molecule has 1 atom stereocenters. The van der Waals surface area contributed by atoms with E-state index >= 15 is 0 Å². The van der Waals surface area contributed by atoms with E-state index in [4.69, 9.17) is 9.72 Å². The Morgan fingerprint density at radius 3 is 2.79 bits per heavy atom. The van der Waals surface area contributed by atoms with Crippen molar-refractivity contribution in [1.82, 2.24) is 25.3 Å². The van der Waals surface area contributed by atoms with Crippen LogP contribution in [0.2, 0.25) is 0 Å². The second-order valence-electron chi connectivity index (χ2n) is 9.57. The van der Waals surface area contributed by atoms with E-state index in [-0.39, 0.29) is 23.1 Å². The summed E-state index contributed by atoms with van der Waals surface area (Å²) >= 11 is 0. The topological polar surface area (TPSA) is 91.0 Å². The number of alkyl halides is 3. The van der Waals surface area contributed by atoms with Crippen LogP contribution in [-0.4, -0.2) is 65.4 Å². The van der Waals surface area contributed by atoms with Gasteiger partial charge in [0.15, 0.2) is 0 Å². The summed E-state index contributed by atoms with van der Waals surface area (Å²) in [5, 5.41) is 7.05. The molecule has 34 heavy (non-hydrogen) atoms. The van der Waals surface area contributed by atoms with E-state index < -0.39 is 11.7 Å². The van der Waals surface area contributed by atoms with E-state index in [0.29, 0.717) is 16.6 Å². The minimum absolute atomic E-state index is 0.0790. The number of nitrogens with zero attached hydrogens (tertiary/aromatic N) is 4. The predicted molar refractivity (Wildman–Crippen MR) is 122 cm³/mol. The SMILES string of the molecule is FC(F)(F)c1cnc(NC2CCCNC2)nc1-c1c[nH]c2nc(N3CCC4(COC4)C3)ccc12. The Morgan fingerprint density at radius 1 is 1.21 bits per heavy atom. The summed E-state index contributed by atoms with van der Waals surface area (Å²) in [4.78, 5) is 18.3. The van der Waals surface area contributed by atoms with Crippen LogP contribution >= 0.6 is 0 Å². The number of rotatable bonds is 4. The normalized spacial score (nSPS) is 22.3. The summed E-state index contributed by atoms with van der Waals surface area (Å²) in [5.74, 6) is 1.01. The van der Waals surface area contributed by atoms with Crippen molar-refractivity contribution in [3.05, 3.63) is 30.1 Å². The van der Waals surface area contributed by atoms with Crippen LogP contribution in [0.1, 0.15) is 24.8 Å². The molecule has 8 nitrogen and oxygen atoms in total. The number of aromatic nitrogens is 4. The fourth-order valence-corrected chi connectivity index (χ4v) is 5.15. The summed E-state index contributed by atoms with van der Waals surface area (Å²) in [5.41, 5.74) is 0.102. The van der Waals surface area contributed by atoms with Crippen LogP contribution in [0.15, 0.2) is 24.5 Å². The van der Waals surface area contributed by atoms with Gasteiger partial charge in [-0.3, -0.25) is 0 Å². The summed E-state index contributed by atoms with van der Waals surface area (Å²) < 4.78 is 47.0. The highest BCUT2D eigenvalue weighted by atomic mass is 19.4. The molecule has 3 aromatic heterocycles. The molecule has 6 heterocycles. The number of halogens is 3. The van der Waals surface area contributed by atoms with Gasteiger partial charge in [0.25, 0.3) is 0 Å². The number of hydrogen-bond acceptors (Lipinski definition) is 7. The van der Waals surface area contributed by atoms with Gasteiger partial charge in [0.05, 0.1) is 18.9 Å². The highest BCUT2D eigenvalue weighted by Gasteiger charge is 2.44. The number of anilines is 2. The second-order valence-corrected chi connectivity index (χ2v) is 9.57. The van der Waals surface area contributed by atoms with Gasteiger partial charge < -0.3 is 25.3 Å². The van der Waals surface area contributed by atoms with Gasteiger partial charge in [0, 0.05) is 54.4 Å². The van der Waals surface area contributed by atoms with Crippen LogP contribution in [0.25, 0.3) is 22.3 Å². The molecular formula is C23H26F3N7O. The first-order valence-electron chi connectivity index (χ1n) is 11.6. The summed E-state index contributed by atoms with van der Waals surface area (Å²) in [6.45, 7) is 5.00. The molecule has 0 radical (unpaired) electrons. The lowest BCUT2D eigenvalue weighted by atomic mass is 9.85. The fraction of sp³-hybridized carbons (Fsp3) is 0.522. The maximum atomic E-state index is 13.9. The first-order valence-corrected chi connectivity index (χ1v) is 11.6. The number of hydrogen-bond donors (Lipinski definition) is 3. The van der Waals surface area contributed by atoms with Gasteiger partial charge in [-0.2, -0.15) is 13.2 Å². The molecule has 3 aliphatic rings. The van der Waals surface area contributed by atoms with Gasteiger partial charge in [-0.15, -0.1) is 0 Å². The number of pyridine rings is 1. The predicted octanol–water partition coefficient (Wildman–Crippen LogP) is 3.43. The molecule has 6 rings (SSSR count). The molecule has 0 saturated carbocycles. The van der Waals surface area contributed by atoms with Gasteiger partial charge in [0.1, 0.15) is 17.0 Å². The van der Waals surface area contributed by atoms with Crippen molar-refractivity contribution in [3.63, 3.8) is 0 Å². The van der Waals surface area contributed by atoms with E-state index in [1.54, 1.807) is 6.20 Å². The second kappa shape index (κ2) is 8.09. The Balaban J connectivity index is 1.34. The lowest BCUT2D eigenvalue weighted by Crippen LogP contribution is -2.44. The molecule has 3 aromatic rings. The molecule has 0 aliphatic carbocycles. The molecular weight excluding hydrogens is 447 g/mol. The number of piperidine rings is 1. The summed E-state index contributed by atoms with van der Waals surface area (Å²) in [6, 6.07) is 3.78. The van der Waals surface area contributed by atoms with Crippen LogP contribution in [0, 0.1) is 5.41 Å². The summed E-state index contributed by atoms with van der Waals surface area (Å²) in [6.07, 6.45) is 0.808. The van der Waals surface area contributed by atoms with E-state index in [2.05, 4.69) is 30.5 Å². The van der Waals surface area contributed by atoms with Crippen molar-refractivity contribution < 1.29 is 17.9 Å². The third-order valence-electron chi connectivity index (χ3n) is 7.08. The maximum absolute atomic E-state index is 13.9. The van der Waals surface area contributed by atoms with Gasteiger partial charge in [0.2, 0.25) is 5.95 Å². The zero-order chi connectivity index (χ0) is 23.3.